The fraction of sp³-hybridized carbons (Fsp3) is 0. The SMILES string of the molecule is N#C/C=C/S(=O)(=O)c1ccc(NS(=O)(=O)c2ccc(C#N)cc2)cc1. The third-order valence-corrected chi connectivity index (χ3v) is 5.87. The summed E-state index contributed by atoms with van der Waals surface area (Å²) in [6.45, 7) is 0. The molecule has 126 valence electrons. The lowest BCUT2D eigenvalue weighted by atomic mass is 10.2. The molecule has 25 heavy (non-hydrogen) atoms. The molecule has 0 fully saturated rings. The van der Waals surface area contributed by atoms with Gasteiger partial charge in [-0.25, -0.2) is 16.8 Å². The van der Waals surface area contributed by atoms with Gasteiger partial charge in [0.25, 0.3) is 10.0 Å². The molecule has 0 aliphatic heterocycles. The van der Waals surface area contributed by atoms with E-state index in [0.717, 1.165) is 11.5 Å². The summed E-state index contributed by atoms with van der Waals surface area (Å²) in [6, 6.07) is 13.9. The van der Waals surface area contributed by atoms with Crippen LogP contribution in [0.2, 0.25) is 0 Å². The maximum absolute atomic E-state index is 12.3. The minimum atomic E-state index is -3.87. The monoisotopic (exact) mass is 373 g/mol. The molecular weight excluding hydrogens is 362 g/mol. The summed E-state index contributed by atoms with van der Waals surface area (Å²) in [5, 5.41) is 17.9. The van der Waals surface area contributed by atoms with E-state index in [0.29, 0.717) is 5.56 Å². The number of benzene rings is 2. The van der Waals surface area contributed by atoms with Crippen molar-refractivity contribution >= 4 is 25.5 Å². The zero-order valence-corrected chi connectivity index (χ0v) is 14.3. The lowest BCUT2D eigenvalue weighted by Crippen LogP contribution is -2.13. The van der Waals surface area contributed by atoms with Crippen LogP contribution in [0.15, 0.2) is 69.8 Å². The minimum Gasteiger partial charge on any atom is -0.280 e. The van der Waals surface area contributed by atoms with Gasteiger partial charge in [0, 0.05) is 17.2 Å². The molecule has 0 atom stereocenters. The molecule has 7 nitrogen and oxygen atoms in total. The minimum absolute atomic E-state index is 0.0276. The second kappa shape index (κ2) is 7.18. The van der Waals surface area contributed by atoms with E-state index in [2.05, 4.69) is 4.72 Å². The number of allylic oxidation sites excluding steroid dienone is 1. The van der Waals surface area contributed by atoms with Gasteiger partial charge in [-0.15, -0.1) is 0 Å². The van der Waals surface area contributed by atoms with E-state index in [-0.39, 0.29) is 15.5 Å². The van der Waals surface area contributed by atoms with E-state index in [1.165, 1.54) is 48.5 Å². The number of rotatable bonds is 5. The highest BCUT2D eigenvalue weighted by Crippen LogP contribution is 2.20. The zero-order valence-electron chi connectivity index (χ0n) is 12.6. The quantitative estimate of drug-likeness (QED) is 0.800. The molecule has 9 heteroatoms. The van der Waals surface area contributed by atoms with Crippen molar-refractivity contribution in [2.24, 2.45) is 0 Å². The highest BCUT2D eigenvalue weighted by Gasteiger charge is 2.15. The van der Waals surface area contributed by atoms with E-state index in [1.54, 1.807) is 6.07 Å². The second-order valence-electron chi connectivity index (χ2n) is 4.74. The lowest BCUT2D eigenvalue weighted by Gasteiger charge is -2.08. The van der Waals surface area contributed by atoms with Crippen LogP contribution in [0.4, 0.5) is 5.69 Å². The summed E-state index contributed by atoms with van der Waals surface area (Å²) >= 11 is 0. The average Bonchev–Trinajstić information content (AvgIpc) is 2.60. The third kappa shape index (κ3) is 4.44. The number of nitrogens with zero attached hydrogens (tertiary/aromatic N) is 2. The van der Waals surface area contributed by atoms with Gasteiger partial charge in [-0.05, 0) is 48.5 Å². The molecule has 1 N–H and O–H groups in total. The fourth-order valence-electron chi connectivity index (χ4n) is 1.83. The van der Waals surface area contributed by atoms with Crippen LogP contribution in [-0.4, -0.2) is 16.8 Å². The summed E-state index contributed by atoms with van der Waals surface area (Å²) in [4.78, 5) is -0.0968. The standard InChI is InChI=1S/C16H11N3O4S2/c17-10-1-11-24(20,21)15-8-4-14(5-9-15)19-25(22,23)16-6-2-13(12-18)3-7-16/h1-9,11,19H/b11-1+. The average molecular weight is 373 g/mol. The van der Waals surface area contributed by atoms with Gasteiger partial charge in [0.15, 0.2) is 0 Å². The van der Waals surface area contributed by atoms with Crippen molar-refractivity contribution in [1.29, 1.82) is 10.5 Å². The maximum atomic E-state index is 12.3. The van der Waals surface area contributed by atoms with Crippen LogP contribution in [-0.2, 0) is 19.9 Å². The van der Waals surface area contributed by atoms with E-state index in [1.807, 2.05) is 6.07 Å². The Hall–Kier alpha value is -3.14. The van der Waals surface area contributed by atoms with Gasteiger partial charge in [-0.1, -0.05) is 0 Å². The molecule has 0 bridgehead atoms. The van der Waals surface area contributed by atoms with Gasteiger partial charge in [-0.2, -0.15) is 10.5 Å². The number of nitrogens with one attached hydrogen (secondary N) is 1. The van der Waals surface area contributed by atoms with Crippen LogP contribution in [0.3, 0.4) is 0 Å². The van der Waals surface area contributed by atoms with Crippen LogP contribution in [0.1, 0.15) is 5.56 Å². The molecule has 0 saturated heterocycles. The Morgan fingerprint density at radius 2 is 1.40 bits per heavy atom. The van der Waals surface area contributed by atoms with E-state index in [9.17, 15) is 16.8 Å². The van der Waals surface area contributed by atoms with Gasteiger partial charge >= 0.3 is 0 Å². The summed E-state index contributed by atoms with van der Waals surface area (Å²) in [7, 11) is -7.62. The number of hydrogen-bond donors (Lipinski definition) is 1. The van der Waals surface area contributed by atoms with Crippen molar-refractivity contribution < 1.29 is 16.8 Å². The Balaban J connectivity index is 2.24. The number of anilines is 1. The Kier molecular flexibility index (Phi) is 5.22. The van der Waals surface area contributed by atoms with Crippen molar-refractivity contribution in [2.45, 2.75) is 9.79 Å². The van der Waals surface area contributed by atoms with Crippen LogP contribution >= 0.6 is 0 Å². The zero-order chi connectivity index (χ0) is 18.5. The van der Waals surface area contributed by atoms with Crippen LogP contribution in [0.25, 0.3) is 0 Å². The van der Waals surface area contributed by atoms with Crippen molar-refractivity contribution in [3.05, 3.63) is 65.6 Å². The predicted octanol–water partition coefficient (Wildman–Crippen LogP) is 2.17. The molecule has 0 heterocycles. The van der Waals surface area contributed by atoms with Crippen molar-refractivity contribution in [3.63, 3.8) is 0 Å². The molecule has 0 aromatic heterocycles. The van der Waals surface area contributed by atoms with E-state index < -0.39 is 19.9 Å². The highest BCUT2D eigenvalue weighted by atomic mass is 32.2. The molecule has 2 aromatic rings. The van der Waals surface area contributed by atoms with Gasteiger partial charge in [0.05, 0.1) is 27.5 Å². The van der Waals surface area contributed by atoms with Crippen molar-refractivity contribution in [3.8, 4) is 12.1 Å². The van der Waals surface area contributed by atoms with Gasteiger partial charge < -0.3 is 0 Å². The van der Waals surface area contributed by atoms with Crippen LogP contribution in [0.5, 0.6) is 0 Å². The Labute approximate surface area is 145 Å². The van der Waals surface area contributed by atoms with Crippen molar-refractivity contribution in [1.82, 2.24) is 0 Å². The van der Waals surface area contributed by atoms with Gasteiger partial charge in [-0.3, -0.25) is 4.72 Å². The Morgan fingerprint density at radius 3 is 1.92 bits per heavy atom. The predicted molar refractivity (Wildman–Crippen MR) is 90.3 cm³/mol. The molecular formula is C16H11N3O4S2. The first-order valence-corrected chi connectivity index (χ1v) is 9.76. The van der Waals surface area contributed by atoms with Crippen molar-refractivity contribution in [2.75, 3.05) is 4.72 Å². The van der Waals surface area contributed by atoms with Crippen LogP contribution < -0.4 is 4.72 Å². The number of hydrogen-bond acceptors (Lipinski definition) is 6. The molecule has 0 spiro atoms. The maximum Gasteiger partial charge on any atom is 0.261 e. The number of sulfone groups is 1. The summed E-state index contributed by atoms with van der Waals surface area (Å²) in [5.74, 6) is 0. The van der Waals surface area contributed by atoms with Crippen LogP contribution in [0, 0.1) is 22.7 Å². The molecule has 0 radical (unpaired) electrons. The number of sulfonamides is 1. The number of nitriles is 2. The highest BCUT2D eigenvalue weighted by molar-refractivity contribution is 7.94. The van der Waals surface area contributed by atoms with Gasteiger partial charge in [0.2, 0.25) is 9.84 Å². The molecule has 0 aliphatic carbocycles. The summed E-state index contributed by atoms with van der Waals surface area (Å²) in [6.07, 6.45) is 0.844. The first-order chi connectivity index (χ1) is 11.8. The van der Waals surface area contributed by atoms with Gasteiger partial charge in [0.1, 0.15) is 0 Å². The first kappa shape index (κ1) is 18.2. The molecule has 2 aromatic carbocycles. The second-order valence-corrected chi connectivity index (χ2v) is 8.26. The Bertz CT molecular complexity index is 1090. The first-order valence-electron chi connectivity index (χ1n) is 6.73. The largest absolute Gasteiger partial charge is 0.280 e. The lowest BCUT2D eigenvalue weighted by molar-refractivity contribution is 0.601. The summed E-state index contributed by atoms with van der Waals surface area (Å²) < 4.78 is 50.6. The third-order valence-electron chi connectivity index (χ3n) is 3.05. The molecule has 0 amide bonds. The van der Waals surface area contributed by atoms with E-state index >= 15 is 0 Å². The fourth-order valence-corrected chi connectivity index (χ4v) is 3.81. The van der Waals surface area contributed by atoms with E-state index in [4.69, 9.17) is 10.5 Å². The molecule has 2 rings (SSSR count). The normalized spacial score (nSPS) is 11.6. The topological polar surface area (TPSA) is 128 Å². The Morgan fingerprint density at radius 1 is 0.840 bits per heavy atom. The smallest absolute Gasteiger partial charge is 0.261 e. The molecule has 0 saturated carbocycles. The molecule has 0 unspecified atom stereocenters. The summed E-state index contributed by atoms with van der Waals surface area (Å²) in [5.41, 5.74) is 0.506. The molecule has 0 aliphatic rings.